The third-order valence-electron chi connectivity index (χ3n) is 3.11. The van der Waals surface area contributed by atoms with Crippen molar-refractivity contribution in [3.05, 3.63) is 65.5 Å². The van der Waals surface area contributed by atoms with Crippen LogP contribution in [0.1, 0.15) is 41.3 Å². The van der Waals surface area contributed by atoms with Gasteiger partial charge in [-0.2, -0.15) is 0 Å². The average molecular weight is 253 g/mol. The molecule has 2 heteroatoms. The van der Waals surface area contributed by atoms with Crippen molar-refractivity contribution in [2.24, 2.45) is 0 Å². The fourth-order valence-corrected chi connectivity index (χ4v) is 1.92. The fourth-order valence-electron chi connectivity index (χ4n) is 1.92. The number of hydrogen-bond acceptors (Lipinski definition) is 1. The number of unbranched alkanes of at least 4 members (excludes halogenated alkanes) is 1. The van der Waals surface area contributed by atoms with Gasteiger partial charge in [0, 0.05) is 18.0 Å². The molecule has 0 aliphatic rings. The van der Waals surface area contributed by atoms with Gasteiger partial charge in [-0.25, -0.2) is 0 Å². The summed E-state index contributed by atoms with van der Waals surface area (Å²) < 4.78 is 0. The van der Waals surface area contributed by atoms with Crippen molar-refractivity contribution in [3.63, 3.8) is 0 Å². The van der Waals surface area contributed by atoms with E-state index in [1.807, 2.05) is 6.08 Å². The number of carbonyl (C=O) groups is 1. The molecule has 2 rings (SSSR count). The third-order valence-corrected chi connectivity index (χ3v) is 3.11. The van der Waals surface area contributed by atoms with Crippen LogP contribution in [-0.4, -0.2) is 10.8 Å². The molecular formula is C17H19NO. The molecule has 0 saturated heterocycles. The zero-order valence-corrected chi connectivity index (χ0v) is 11.2. The highest BCUT2D eigenvalue weighted by Gasteiger charge is 2.00. The highest BCUT2D eigenvalue weighted by Crippen LogP contribution is 2.10. The van der Waals surface area contributed by atoms with Crippen LogP contribution in [0, 0.1) is 0 Å². The maximum atomic E-state index is 11.8. The van der Waals surface area contributed by atoms with E-state index in [4.69, 9.17) is 0 Å². The lowest BCUT2D eigenvalue weighted by Crippen LogP contribution is -1.90. The van der Waals surface area contributed by atoms with Crippen molar-refractivity contribution < 1.29 is 4.79 Å². The van der Waals surface area contributed by atoms with E-state index in [1.54, 1.807) is 24.5 Å². The van der Waals surface area contributed by atoms with E-state index >= 15 is 0 Å². The van der Waals surface area contributed by atoms with Crippen molar-refractivity contribution in [2.45, 2.75) is 26.2 Å². The number of aryl methyl sites for hydroxylation is 1. The predicted octanol–water partition coefficient (Wildman–Crippen LogP) is 4.25. The predicted molar refractivity (Wildman–Crippen MR) is 79.2 cm³/mol. The standard InChI is InChI=1S/C17H19NO/c1-2-3-4-14-5-7-15(8-6-14)9-10-17(19)16-11-12-18-13-16/h5-13,18H,2-4H2,1H3. The number of nitrogens with one attached hydrogen (secondary N) is 1. The first-order valence-electron chi connectivity index (χ1n) is 6.73. The van der Waals surface area contributed by atoms with E-state index in [9.17, 15) is 4.79 Å². The van der Waals surface area contributed by atoms with Gasteiger partial charge in [0.05, 0.1) is 0 Å². The number of hydrogen-bond donors (Lipinski definition) is 1. The molecule has 0 aliphatic carbocycles. The van der Waals surface area contributed by atoms with E-state index < -0.39 is 0 Å². The van der Waals surface area contributed by atoms with Gasteiger partial charge in [0.1, 0.15) is 0 Å². The molecule has 1 N–H and O–H groups in total. The lowest BCUT2D eigenvalue weighted by atomic mass is 10.1. The Morgan fingerprint density at radius 1 is 1.21 bits per heavy atom. The van der Waals surface area contributed by atoms with Crippen LogP contribution < -0.4 is 0 Å². The van der Waals surface area contributed by atoms with Crippen molar-refractivity contribution in [3.8, 4) is 0 Å². The lowest BCUT2D eigenvalue weighted by molar-refractivity contribution is 0.104. The number of benzene rings is 1. The van der Waals surface area contributed by atoms with Crippen LogP contribution in [0.15, 0.2) is 48.8 Å². The van der Waals surface area contributed by atoms with Gasteiger partial charge in [-0.1, -0.05) is 43.7 Å². The molecule has 0 radical (unpaired) electrons. The maximum Gasteiger partial charge on any atom is 0.187 e. The summed E-state index contributed by atoms with van der Waals surface area (Å²) in [7, 11) is 0. The van der Waals surface area contributed by atoms with Crippen molar-refractivity contribution in [1.29, 1.82) is 0 Å². The first kappa shape index (κ1) is 13.3. The number of rotatable bonds is 6. The van der Waals surface area contributed by atoms with Crippen molar-refractivity contribution >= 4 is 11.9 Å². The molecule has 0 saturated carbocycles. The number of carbonyl (C=O) groups excluding carboxylic acids is 1. The Bertz CT molecular complexity index is 535. The third kappa shape index (κ3) is 3.95. The SMILES string of the molecule is CCCCc1ccc(C=CC(=O)c2cc[nH]c2)cc1. The molecule has 1 heterocycles. The van der Waals surface area contributed by atoms with Gasteiger partial charge in [-0.3, -0.25) is 4.79 Å². The largest absolute Gasteiger partial charge is 0.367 e. The van der Waals surface area contributed by atoms with Gasteiger partial charge in [0.15, 0.2) is 5.78 Å². The van der Waals surface area contributed by atoms with Crippen LogP contribution in [-0.2, 0) is 6.42 Å². The number of ketones is 1. The summed E-state index contributed by atoms with van der Waals surface area (Å²) in [6, 6.07) is 10.2. The van der Waals surface area contributed by atoms with E-state index in [-0.39, 0.29) is 5.78 Å². The zero-order valence-electron chi connectivity index (χ0n) is 11.2. The second-order valence-electron chi connectivity index (χ2n) is 4.64. The summed E-state index contributed by atoms with van der Waals surface area (Å²) in [5.74, 6) is 0.0244. The van der Waals surface area contributed by atoms with E-state index in [0.717, 1.165) is 12.0 Å². The average Bonchev–Trinajstić information content (AvgIpc) is 2.98. The number of aromatic amines is 1. The molecule has 1 aromatic carbocycles. The van der Waals surface area contributed by atoms with Gasteiger partial charge in [-0.15, -0.1) is 0 Å². The number of H-pyrrole nitrogens is 1. The molecule has 0 aliphatic heterocycles. The molecule has 0 amide bonds. The first-order chi connectivity index (χ1) is 9.29. The van der Waals surface area contributed by atoms with Gasteiger partial charge < -0.3 is 4.98 Å². The minimum absolute atomic E-state index is 0.0244. The Hall–Kier alpha value is -2.09. The zero-order chi connectivity index (χ0) is 13.5. The van der Waals surface area contributed by atoms with E-state index in [1.165, 1.54) is 18.4 Å². The van der Waals surface area contributed by atoms with E-state index in [0.29, 0.717) is 5.56 Å². The number of aromatic nitrogens is 1. The Morgan fingerprint density at radius 2 is 2.00 bits per heavy atom. The summed E-state index contributed by atoms with van der Waals surface area (Å²) >= 11 is 0. The maximum absolute atomic E-state index is 11.8. The van der Waals surface area contributed by atoms with Crippen molar-refractivity contribution in [1.82, 2.24) is 4.98 Å². The van der Waals surface area contributed by atoms with Crippen LogP contribution >= 0.6 is 0 Å². The highest BCUT2D eigenvalue weighted by atomic mass is 16.1. The monoisotopic (exact) mass is 253 g/mol. The van der Waals surface area contributed by atoms with E-state index in [2.05, 4.69) is 36.2 Å². The molecule has 0 bridgehead atoms. The van der Waals surface area contributed by atoms with Gasteiger partial charge in [0.25, 0.3) is 0 Å². The Balaban J connectivity index is 1.97. The molecule has 2 aromatic rings. The minimum Gasteiger partial charge on any atom is -0.367 e. The molecule has 19 heavy (non-hydrogen) atoms. The lowest BCUT2D eigenvalue weighted by Gasteiger charge is -2.00. The fraction of sp³-hybridized carbons (Fsp3) is 0.235. The Kier molecular flexibility index (Phi) is 4.73. The second kappa shape index (κ2) is 6.74. The topological polar surface area (TPSA) is 32.9 Å². The van der Waals surface area contributed by atoms with Crippen LogP contribution in [0.2, 0.25) is 0 Å². The molecule has 1 aromatic heterocycles. The molecule has 0 atom stereocenters. The molecule has 2 nitrogen and oxygen atoms in total. The molecule has 98 valence electrons. The van der Waals surface area contributed by atoms with Crippen LogP contribution in [0.5, 0.6) is 0 Å². The summed E-state index contributed by atoms with van der Waals surface area (Å²) in [6.07, 6.45) is 10.5. The molecule has 0 spiro atoms. The Morgan fingerprint density at radius 3 is 2.63 bits per heavy atom. The normalized spacial score (nSPS) is 11.0. The first-order valence-corrected chi connectivity index (χ1v) is 6.73. The van der Waals surface area contributed by atoms with Crippen LogP contribution in [0.25, 0.3) is 6.08 Å². The number of allylic oxidation sites excluding steroid dienone is 1. The van der Waals surface area contributed by atoms with Crippen LogP contribution in [0.4, 0.5) is 0 Å². The molecule has 0 fully saturated rings. The molecule has 0 unspecified atom stereocenters. The van der Waals surface area contributed by atoms with Crippen LogP contribution in [0.3, 0.4) is 0 Å². The van der Waals surface area contributed by atoms with Gasteiger partial charge >= 0.3 is 0 Å². The summed E-state index contributed by atoms with van der Waals surface area (Å²) in [5, 5.41) is 0. The second-order valence-corrected chi connectivity index (χ2v) is 4.64. The quantitative estimate of drug-likeness (QED) is 0.605. The minimum atomic E-state index is 0.0244. The van der Waals surface area contributed by atoms with Gasteiger partial charge in [-0.05, 0) is 36.1 Å². The summed E-state index contributed by atoms with van der Waals surface area (Å²) in [5.41, 5.74) is 3.11. The van der Waals surface area contributed by atoms with Crippen molar-refractivity contribution in [2.75, 3.05) is 0 Å². The highest BCUT2D eigenvalue weighted by molar-refractivity contribution is 6.06. The summed E-state index contributed by atoms with van der Waals surface area (Å²) in [6.45, 7) is 2.20. The Labute approximate surface area is 114 Å². The summed E-state index contributed by atoms with van der Waals surface area (Å²) in [4.78, 5) is 14.7. The van der Waals surface area contributed by atoms with Gasteiger partial charge in [0.2, 0.25) is 0 Å². The molecular weight excluding hydrogens is 234 g/mol. The smallest absolute Gasteiger partial charge is 0.187 e.